The maximum absolute atomic E-state index is 12.8. The van der Waals surface area contributed by atoms with Crippen LogP contribution < -0.4 is 11.1 Å². The van der Waals surface area contributed by atoms with Gasteiger partial charge in [-0.2, -0.15) is 5.10 Å². The second kappa shape index (κ2) is 13.9. The molecule has 12 nitrogen and oxygen atoms in total. The standard InChI is InChI=1S/C39H40N8O4/c40-37-30(20-32(44-45-37)29-6-1-2-8-35(29)48)26-21-42-46(23-26)22-25-9-12-27(13-10-25)51-18-4-5-24-11-14-33-31(19-24)28-7-3-17-41-38(28)47(33)34-15-16-36(49)43-39(34)50/h1-3,6-8,11,14,17,19-21,23,25,27,34,48H,4-5,9-10,12-13,15-16,18,22H2,(H2,40,45)(H,43,49,50)/t25-,27-,34?. The van der Waals surface area contributed by atoms with Crippen LogP contribution in [0.4, 0.5) is 5.82 Å². The number of piperidine rings is 1. The average Bonchev–Trinajstić information content (AvgIpc) is 3.74. The number of ether oxygens (including phenoxy) is 1. The molecular weight excluding hydrogens is 644 g/mol. The van der Waals surface area contributed by atoms with Gasteiger partial charge in [-0.3, -0.25) is 19.6 Å². The second-order valence-electron chi connectivity index (χ2n) is 13.7. The topological polar surface area (TPSA) is 163 Å². The summed E-state index contributed by atoms with van der Waals surface area (Å²) in [5, 5.41) is 27.8. The molecule has 1 unspecified atom stereocenters. The highest BCUT2D eigenvalue weighted by atomic mass is 16.5. The smallest absolute Gasteiger partial charge is 0.249 e. The van der Waals surface area contributed by atoms with Crippen molar-refractivity contribution in [3.05, 3.63) is 84.8 Å². The molecule has 2 amide bonds. The van der Waals surface area contributed by atoms with Gasteiger partial charge in [0.15, 0.2) is 5.82 Å². The van der Waals surface area contributed by atoms with Crippen molar-refractivity contribution in [2.24, 2.45) is 5.92 Å². The van der Waals surface area contributed by atoms with Crippen molar-refractivity contribution in [1.29, 1.82) is 0 Å². The summed E-state index contributed by atoms with van der Waals surface area (Å²) in [6, 6.07) is 18.8. The Morgan fingerprint density at radius 3 is 2.65 bits per heavy atom. The van der Waals surface area contributed by atoms with E-state index in [4.69, 9.17) is 10.5 Å². The molecule has 1 saturated heterocycles. The van der Waals surface area contributed by atoms with Crippen LogP contribution in [0, 0.1) is 5.92 Å². The van der Waals surface area contributed by atoms with Crippen molar-refractivity contribution in [2.45, 2.75) is 70.1 Å². The number of para-hydroxylation sites is 1. The van der Waals surface area contributed by atoms with Gasteiger partial charge < -0.3 is 20.1 Å². The van der Waals surface area contributed by atoms with Crippen molar-refractivity contribution >= 4 is 39.6 Å². The highest BCUT2D eigenvalue weighted by Crippen LogP contribution is 2.35. The highest BCUT2D eigenvalue weighted by molar-refractivity contribution is 6.09. The number of carbonyl (C=O) groups is 2. The Hall–Kier alpha value is -5.62. The van der Waals surface area contributed by atoms with Gasteiger partial charge in [0, 0.05) is 59.4 Å². The van der Waals surface area contributed by atoms with E-state index in [1.54, 1.807) is 24.4 Å². The predicted octanol–water partition coefficient (Wildman–Crippen LogP) is 5.98. The summed E-state index contributed by atoms with van der Waals surface area (Å²) in [5.74, 6) is 0.488. The Morgan fingerprint density at radius 2 is 1.80 bits per heavy atom. The van der Waals surface area contributed by atoms with Crippen molar-refractivity contribution in [1.82, 2.24) is 34.8 Å². The number of pyridine rings is 1. The largest absolute Gasteiger partial charge is 0.507 e. The first-order valence-electron chi connectivity index (χ1n) is 17.7. The normalized spacial score (nSPS) is 19.5. The number of nitrogen functional groups attached to an aromatic ring is 1. The Labute approximate surface area is 294 Å². The molecule has 4 aromatic heterocycles. The van der Waals surface area contributed by atoms with E-state index in [9.17, 15) is 14.7 Å². The molecule has 0 spiro atoms. The van der Waals surface area contributed by atoms with Crippen LogP contribution in [-0.4, -0.2) is 59.2 Å². The Kier molecular flexibility index (Phi) is 8.91. The summed E-state index contributed by atoms with van der Waals surface area (Å²) >= 11 is 0. The monoisotopic (exact) mass is 684 g/mol. The van der Waals surface area contributed by atoms with E-state index in [-0.39, 0.29) is 23.7 Å². The SMILES string of the molecule is Nc1nnc(-c2ccccc2O)cc1-c1cnn(C[C@H]2CC[C@H](OCCCc3ccc4c(c3)c3cccnc3n4C3CCC(=O)NC3=O)CC2)c1. The lowest BCUT2D eigenvalue weighted by atomic mass is 9.87. The number of carbonyl (C=O) groups excluding carboxylic acids is 2. The minimum Gasteiger partial charge on any atom is -0.507 e. The summed E-state index contributed by atoms with van der Waals surface area (Å²) < 4.78 is 10.3. The zero-order chi connectivity index (χ0) is 34.9. The molecule has 2 fully saturated rings. The molecule has 12 heteroatoms. The lowest BCUT2D eigenvalue weighted by Crippen LogP contribution is -2.41. The summed E-state index contributed by atoms with van der Waals surface area (Å²) in [6.07, 6.45) is 12.7. The molecule has 1 aliphatic carbocycles. The number of fused-ring (bicyclic) bond motifs is 3. The van der Waals surface area contributed by atoms with Crippen LogP contribution in [0.1, 0.15) is 56.6 Å². The van der Waals surface area contributed by atoms with Gasteiger partial charge in [0.25, 0.3) is 0 Å². The van der Waals surface area contributed by atoms with Gasteiger partial charge in [0.05, 0.1) is 23.5 Å². The molecule has 0 bridgehead atoms. The Morgan fingerprint density at radius 1 is 0.941 bits per heavy atom. The number of phenolic OH excluding ortho intramolecular Hbond substituents is 1. The van der Waals surface area contributed by atoms with E-state index in [0.717, 1.165) is 78.1 Å². The lowest BCUT2D eigenvalue weighted by Gasteiger charge is -2.28. The summed E-state index contributed by atoms with van der Waals surface area (Å²) in [6.45, 7) is 1.54. The van der Waals surface area contributed by atoms with Crippen molar-refractivity contribution < 1.29 is 19.4 Å². The minimum atomic E-state index is -0.460. The number of nitrogens with zero attached hydrogens (tertiary/aromatic N) is 6. The lowest BCUT2D eigenvalue weighted by molar-refractivity contribution is -0.135. The molecule has 6 aromatic rings. The fourth-order valence-electron chi connectivity index (χ4n) is 7.65. The zero-order valence-corrected chi connectivity index (χ0v) is 28.2. The Balaban J connectivity index is 0.836. The van der Waals surface area contributed by atoms with E-state index < -0.39 is 6.04 Å². The Bertz CT molecular complexity index is 2240. The van der Waals surface area contributed by atoms with E-state index in [1.165, 1.54) is 5.56 Å². The third-order valence-corrected chi connectivity index (χ3v) is 10.3. The van der Waals surface area contributed by atoms with Crippen molar-refractivity contribution in [3.63, 3.8) is 0 Å². The first-order chi connectivity index (χ1) is 24.9. The number of nitrogens with one attached hydrogen (secondary N) is 1. The number of imide groups is 1. The van der Waals surface area contributed by atoms with E-state index in [0.29, 0.717) is 42.4 Å². The van der Waals surface area contributed by atoms with Crippen molar-refractivity contribution in [2.75, 3.05) is 12.3 Å². The zero-order valence-electron chi connectivity index (χ0n) is 28.2. The average molecular weight is 685 g/mol. The van der Waals surface area contributed by atoms with Gasteiger partial charge >= 0.3 is 0 Å². The van der Waals surface area contributed by atoms with Crippen LogP contribution in [0.15, 0.2) is 79.3 Å². The number of benzene rings is 2. The van der Waals surface area contributed by atoms with Crippen LogP contribution in [0.25, 0.3) is 44.3 Å². The predicted molar refractivity (Wildman–Crippen MR) is 193 cm³/mol. The number of hydrogen-bond acceptors (Lipinski definition) is 9. The van der Waals surface area contributed by atoms with Gasteiger partial charge in [0.1, 0.15) is 17.4 Å². The van der Waals surface area contributed by atoms with E-state index >= 15 is 0 Å². The molecule has 5 heterocycles. The fraction of sp³-hybridized carbons (Fsp3) is 0.333. The molecule has 8 rings (SSSR count). The number of anilines is 1. The highest BCUT2D eigenvalue weighted by Gasteiger charge is 2.31. The molecule has 4 N–H and O–H groups in total. The molecule has 1 saturated carbocycles. The molecule has 1 aliphatic heterocycles. The van der Waals surface area contributed by atoms with Gasteiger partial charge in [-0.25, -0.2) is 4.98 Å². The number of phenols is 1. The number of amides is 2. The molecule has 0 radical (unpaired) electrons. The number of hydrogen-bond donors (Lipinski definition) is 3. The van der Waals surface area contributed by atoms with Crippen LogP contribution >= 0.6 is 0 Å². The molecule has 1 atom stereocenters. The number of nitrogens with two attached hydrogens (primary N) is 1. The third kappa shape index (κ3) is 6.66. The first kappa shape index (κ1) is 32.6. The molecule has 2 aliphatic rings. The maximum Gasteiger partial charge on any atom is 0.249 e. The third-order valence-electron chi connectivity index (χ3n) is 10.3. The van der Waals surface area contributed by atoms with Crippen molar-refractivity contribution in [3.8, 4) is 28.1 Å². The van der Waals surface area contributed by atoms with Crippen LogP contribution in [0.2, 0.25) is 0 Å². The summed E-state index contributed by atoms with van der Waals surface area (Å²) in [5.41, 5.74) is 11.9. The summed E-state index contributed by atoms with van der Waals surface area (Å²) in [4.78, 5) is 29.2. The van der Waals surface area contributed by atoms with Gasteiger partial charge in [0.2, 0.25) is 11.8 Å². The van der Waals surface area contributed by atoms with Gasteiger partial charge in [-0.1, -0.05) is 18.2 Å². The molecule has 51 heavy (non-hydrogen) atoms. The van der Waals surface area contributed by atoms with E-state index in [1.807, 2.05) is 45.9 Å². The van der Waals surface area contributed by atoms with Gasteiger partial charge in [-0.05, 0) is 98.9 Å². The van der Waals surface area contributed by atoms with Crippen LogP contribution in [0.3, 0.4) is 0 Å². The molecule has 260 valence electrons. The fourth-order valence-corrected chi connectivity index (χ4v) is 7.65. The number of aromatic hydroxyl groups is 1. The molecular formula is C39H40N8O4. The first-order valence-corrected chi connectivity index (χ1v) is 17.7. The maximum atomic E-state index is 12.8. The number of aromatic nitrogens is 6. The van der Waals surface area contributed by atoms with E-state index in [2.05, 4.69) is 43.8 Å². The summed E-state index contributed by atoms with van der Waals surface area (Å²) in [7, 11) is 0. The molecule has 2 aromatic carbocycles. The van der Waals surface area contributed by atoms with Crippen LogP contribution in [-0.2, 0) is 27.3 Å². The van der Waals surface area contributed by atoms with Crippen LogP contribution in [0.5, 0.6) is 5.75 Å². The second-order valence-corrected chi connectivity index (χ2v) is 13.7. The number of rotatable bonds is 10. The van der Waals surface area contributed by atoms with Gasteiger partial charge in [-0.15, -0.1) is 10.2 Å². The number of aryl methyl sites for hydroxylation is 1. The quantitative estimate of drug-likeness (QED) is 0.116. The minimum absolute atomic E-state index is 0.142.